The summed E-state index contributed by atoms with van der Waals surface area (Å²) < 4.78 is 0. The molecule has 1 heterocycles. The summed E-state index contributed by atoms with van der Waals surface area (Å²) in [4.78, 5) is 4.35. The number of halogens is 2. The van der Waals surface area contributed by atoms with E-state index in [4.69, 9.17) is 23.2 Å². The molecule has 16 heavy (non-hydrogen) atoms. The van der Waals surface area contributed by atoms with Crippen LogP contribution in [0.2, 0.25) is 10.0 Å². The van der Waals surface area contributed by atoms with Crippen molar-refractivity contribution >= 4 is 34.8 Å². The Morgan fingerprint density at radius 2 is 1.94 bits per heavy atom. The van der Waals surface area contributed by atoms with Crippen LogP contribution in [-0.4, -0.2) is 18.1 Å². The summed E-state index contributed by atoms with van der Waals surface area (Å²) >= 11 is 12.1. The molecule has 1 aliphatic carbocycles. The standard InChI is InChI=1S/C11H15Cl2N3/c1-6(7-3-4-7)15-11-9(13)5-8(12)10(14-2)16-11/h5-7H,3-4H2,1-2H3,(H2,14,15,16). The Hall–Kier alpha value is -0.670. The molecule has 0 aliphatic heterocycles. The maximum Gasteiger partial charge on any atom is 0.147 e. The van der Waals surface area contributed by atoms with Gasteiger partial charge < -0.3 is 10.6 Å². The first-order chi connectivity index (χ1) is 7.61. The number of hydrogen-bond donors (Lipinski definition) is 2. The number of nitrogens with one attached hydrogen (secondary N) is 2. The van der Waals surface area contributed by atoms with E-state index < -0.39 is 0 Å². The molecular weight excluding hydrogens is 245 g/mol. The van der Waals surface area contributed by atoms with Crippen LogP contribution in [0.1, 0.15) is 19.8 Å². The molecule has 3 nitrogen and oxygen atoms in total. The number of anilines is 2. The Labute approximate surface area is 106 Å². The first-order valence-electron chi connectivity index (χ1n) is 5.42. The van der Waals surface area contributed by atoms with Crippen molar-refractivity contribution in [2.75, 3.05) is 17.7 Å². The van der Waals surface area contributed by atoms with Gasteiger partial charge in [0.1, 0.15) is 11.6 Å². The van der Waals surface area contributed by atoms with Crippen molar-refractivity contribution in [2.24, 2.45) is 5.92 Å². The lowest BCUT2D eigenvalue weighted by atomic mass is 10.2. The smallest absolute Gasteiger partial charge is 0.147 e. The summed E-state index contributed by atoms with van der Waals surface area (Å²) in [5.41, 5.74) is 0. The van der Waals surface area contributed by atoms with Gasteiger partial charge >= 0.3 is 0 Å². The Balaban J connectivity index is 2.18. The van der Waals surface area contributed by atoms with Crippen LogP contribution >= 0.6 is 23.2 Å². The van der Waals surface area contributed by atoms with Gasteiger partial charge in [-0.3, -0.25) is 0 Å². The molecule has 0 amide bonds. The lowest BCUT2D eigenvalue weighted by Gasteiger charge is -2.16. The van der Waals surface area contributed by atoms with Gasteiger partial charge in [0.05, 0.1) is 10.0 Å². The minimum atomic E-state index is 0.413. The van der Waals surface area contributed by atoms with Gasteiger partial charge in [0, 0.05) is 13.1 Å². The van der Waals surface area contributed by atoms with Crippen LogP contribution in [-0.2, 0) is 0 Å². The molecule has 1 aliphatic rings. The lowest BCUT2D eigenvalue weighted by Crippen LogP contribution is -2.18. The van der Waals surface area contributed by atoms with E-state index in [9.17, 15) is 0 Å². The molecule has 2 rings (SSSR count). The quantitative estimate of drug-likeness (QED) is 0.867. The fourth-order valence-electron chi connectivity index (χ4n) is 1.67. The van der Waals surface area contributed by atoms with E-state index in [0.29, 0.717) is 27.7 Å². The lowest BCUT2D eigenvalue weighted by molar-refractivity contribution is 0.691. The molecule has 1 aromatic rings. The van der Waals surface area contributed by atoms with E-state index in [1.165, 1.54) is 12.8 Å². The van der Waals surface area contributed by atoms with E-state index in [2.05, 4.69) is 22.5 Å². The second kappa shape index (κ2) is 4.68. The Morgan fingerprint density at radius 1 is 1.31 bits per heavy atom. The minimum Gasteiger partial charge on any atom is -0.372 e. The van der Waals surface area contributed by atoms with Gasteiger partial charge in [-0.25, -0.2) is 4.98 Å². The maximum absolute atomic E-state index is 6.09. The fourth-order valence-corrected chi connectivity index (χ4v) is 2.18. The molecule has 0 radical (unpaired) electrons. The molecule has 5 heteroatoms. The predicted molar refractivity (Wildman–Crippen MR) is 69.6 cm³/mol. The van der Waals surface area contributed by atoms with Gasteiger partial charge in [0.15, 0.2) is 0 Å². The number of rotatable bonds is 4. The molecule has 1 aromatic heterocycles. The predicted octanol–water partition coefficient (Wildman–Crippen LogP) is 3.64. The third kappa shape index (κ3) is 2.53. The van der Waals surface area contributed by atoms with Crippen LogP contribution in [0, 0.1) is 5.92 Å². The van der Waals surface area contributed by atoms with Gasteiger partial charge in [0.2, 0.25) is 0 Å². The normalized spacial score (nSPS) is 17.0. The van der Waals surface area contributed by atoms with Gasteiger partial charge in [-0.2, -0.15) is 0 Å². The van der Waals surface area contributed by atoms with Crippen LogP contribution in [0.5, 0.6) is 0 Å². The molecule has 1 unspecified atom stereocenters. The van der Waals surface area contributed by atoms with Crippen molar-refractivity contribution in [3.63, 3.8) is 0 Å². The topological polar surface area (TPSA) is 37.0 Å². The zero-order valence-corrected chi connectivity index (χ0v) is 10.9. The third-order valence-corrected chi connectivity index (χ3v) is 3.44. The highest BCUT2D eigenvalue weighted by molar-refractivity contribution is 6.37. The van der Waals surface area contributed by atoms with E-state index >= 15 is 0 Å². The summed E-state index contributed by atoms with van der Waals surface area (Å²) in [6.45, 7) is 2.16. The van der Waals surface area contributed by atoms with Crippen molar-refractivity contribution < 1.29 is 0 Å². The SMILES string of the molecule is CNc1nc(NC(C)C2CC2)c(Cl)cc1Cl. The van der Waals surface area contributed by atoms with E-state index in [-0.39, 0.29) is 0 Å². The van der Waals surface area contributed by atoms with E-state index in [0.717, 1.165) is 5.92 Å². The summed E-state index contributed by atoms with van der Waals surface area (Å²) in [5.74, 6) is 2.11. The molecule has 0 spiro atoms. The first kappa shape index (κ1) is 11.8. The molecule has 0 aromatic carbocycles. The average molecular weight is 260 g/mol. The molecule has 2 N–H and O–H groups in total. The van der Waals surface area contributed by atoms with Gasteiger partial charge in [-0.1, -0.05) is 23.2 Å². The van der Waals surface area contributed by atoms with Crippen LogP contribution < -0.4 is 10.6 Å². The molecular formula is C11H15Cl2N3. The highest BCUT2D eigenvalue weighted by Crippen LogP contribution is 2.35. The summed E-state index contributed by atoms with van der Waals surface area (Å²) in [7, 11) is 1.79. The monoisotopic (exact) mass is 259 g/mol. The van der Waals surface area contributed by atoms with Crippen LogP contribution in [0.3, 0.4) is 0 Å². The first-order valence-corrected chi connectivity index (χ1v) is 6.17. The van der Waals surface area contributed by atoms with Crippen LogP contribution in [0.4, 0.5) is 11.6 Å². The second-order valence-electron chi connectivity index (χ2n) is 4.17. The average Bonchev–Trinajstić information content (AvgIpc) is 3.05. The summed E-state index contributed by atoms with van der Waals surface area (Å²) in [6, 6.07) is 2.13. The molecule has 1 fully saturated rings. The molecule has 1 saturated carbocycles. The highest BCUT2D eigenvalue weighted by Gasteiger charge is 2.28. The van der Waals surface area contributed by atoms with Crippen LogP contribution in [0.25, 0.3) is 0 Å². The third-order valence-electron chi connectivity index (χ3n) is 2.86. The number of hydrogen-bond acceptors (Lipinski definition) is 3. The molecule has 1 atom stereocenters. The summed E-state index contributed by atoms with van der Waals surface area (Å²) in [6.07, 6.45) is 2.58. The van der Waals surface area contributed by atoms with Gasteiger partial charge in [-0.15, -0.1) is 0 Å². The maximum atomic E-state index is 6.09. The minimum absolute atomic E-state index is 0.413. The van der Waals surface area contributed by atoms with Crippen molar-refractivity contribution in [1.29, 1.82) is 0 Å². The summed E-state index contributed by atoms with van der Waals surface area (Å²) in [5, 5.41) is 7.38. The highest BCUT2D eigenvalue weighted by atomic mass is 35.5. The molecule has 88 valence electrons. The van der Waals surface area contributed by atoms with Crippen molar-refractivity contribution in [1.82, 2.24) is 4.98 Å². The fraction of sp³-hybridized carbons (Fsp3) is 0.545. The Kier molecular flexibility index (Phi) is 3.45. The molecule has 0 saturated heterocycles. The van der Waals surface area contributed by atoms with E-state index in [1.54, 1.807) is 13.1 Å². The number of pyridine rings is 1. The van der Waals surface area contributed by atoms with Crippen molar-refractivity contribution in [3.05, 3.63) is 16.1 Å². The second-order valence-corrected chi connectivity index (χ2v) is 4.98. The number of aromatic nitrogens is 1. The zero-order chi connectivity index (χ0) is 11.7. The zero-order valence-electron chi connectivity index (χ0n) is 9.35. The largest absolute Gasteiger partial charge is 0.372 e. The Morgan fingerprint density at radius 3 is 2.50 bits per heavy atom. The molecule has 0 bridgehead atoms. The Bertz CT molecular complexity index is 391. The number of nitrogens with zero attached hydrogens (tertiary/aromatic N) is 1. The van der Waals surface area contributed by atoms with Crippen molar-refractivity contribution in [2.45, 2.75) is 25.8 Å². The van der Waals surface area contributed by atoms with Crippen LogP contribution in [0.15, 0.2) is 6.07 Å². The van der Waals surface area contributed by atoms with Gasteiger partial charge in [0.25, 0.3) is 0 Å². The van der Waals surface area contributed by atoms with E-state index in [1.807, 2.05) is 0 Å². The van der Waals surface area contributed by atoms with Crippen molar-refractivity contribution in [3.8, 4) is 0 Å². The van der Waals surface area contributed by atoms with Gasteiger partial charge in [-0.05, 0) is 31.7 Å².